The molecule has 0 radical (unpaired) electrons. The highest BCUT2D eigenvalue weighted by atomic mass is 32.2. The monoisotopic (exact) mass is 328 g/mol. The van der Waals surface area contributed by atoms with Gasteiger partial charge in [-0.1, -0.05) is 0 Å². The maximum atomic E-state index is 12.3. The summed E-state index contributed by atoms with van der Waals surface area (Å²) in [5.41, 5.74) is 9.11. The maximum absolute atomic E-state index is 12.3. The number of hydrogen-bond donors (Lipinski definition) is 2. The Morgan fingerprint density at radius 3 is 2.76 bits per heavy atom. The number of nitrogens with one attached hydrogen (secondary N) is 1. The van der Waals surface area contributed by atoms with E-state index in [-0.39, 0.29) is 10.9 Å². The summed E-state index contributed by atoms with van der Waals surface area (Å²) in [5, 5.41) is 1.91. The molecule has 2 heterocycles. The molecule has 2 aromatic heterocycles. The molecule has 0 aliphatic heterocycles. The van der Waals surface area contributed by atoms with Crippen LogP contribution < -0.4 is 10.5 Å². The summed E-state index contributed by atoms with van der Waals surface area (Å²) in [6.07, 6.45) is 2.22. The minimum atomic E-state index is -3.51. The Balaban J connectivity index is 2.08. The van der Waals surface area contributed by atoms with Crippen molar-refractivity contribution in [2.24, 2.45) is 5.73 Å². The summed E-state index contributed by atoms with van der Waals surface area (Å²) in [6, 6.07) is 1.80. The molecule has 0 aromatic carbocycles. The summed E-state index contributed by atoms with van der Waals surface area (Å²) in [4.78, 5) is 4.39. The highest BCUT2D eigenvalue weighted by Gasteiger charge is 2.18. The van der Waals surface area contributed by atoms with E-state index in [1.165, 1.54) is 11.3 Å². The average Bonchev–Trinajstić information content (AvgIpc) is 3.07. The van der Waals surface area contributed by atoms with Gasteiger partial charge in [-0.2, -0.15) is 0 Å². The lowest BCUT2D eigenvalue weighted by Crippen LogP contribution is -2.25. The third kappa shape index (κ3) is 3.91. The van der Waals surface area contributed by atoms with Gasteiger partial charge >= 0.3 is 0 Å². The van der Waals surface area contributed by atoms with E-state index >= 15 is 0 Å². The van der Waals surface area contributed by atoms with Gasteiger partial charge in [-0.3, -0.25) is 0 Å². The van der Waals surface area contributed by atoms with Crippen molar-refractivity contribution in [3.63, 3.8) is 0 Å². The molecule has 2 rings (SSSR count). The van der Waals surface area contributed by atoms with E-state index in [0.29, 0.717) is 19.5 Å². The fraction of sp³-hybridized carbons (Fsp3) is 0.462. The number of sulfonamides is 1. The van der Waals surface area contributed by atoms with E-state index in [9.17, 15) is 8.42 Å². The third-order valence-corrected chi connectivity index (χ3v) is 5.20. The molecule has 2 aromatic rings. The molecule has 0 bridgehead atoms. The first-order valence-electron chi connectivity index (χ1n) is 6.71. The maximum Gasteiger partial charge on any atom is 0.242 e. The van der Waals surface area contributed by atoms with Gasteiger partial charge in [-0.05, 0) is 19.9 Å². The fourth-order valence-electron chi connectivity index (χ4n) is 2.05. The summed E-state index contributed by atoms with van der Waals surface area (Å²) >= 11 is 1.50. The van der Waals surface area contributed by atoms with Crippen LogP contribution in [0.2, 0.25) is 0 Å². The second-order valence-corrected chi connectivity index (χ2v) is 7.49. The van der Waals surface area contributed by atoms with E-state index in [0.717, 1.165) is 11.4 Å². The molecule has 116 valence electrons. The van der Waals surface area contributed by atoms with Crippen molar-refractivity contribution >= 4 is 21.4 Å². The molecule has 3 N–H and O–H groups in total. The van der Waals surface area contributed by atoms with Crippen LogP contribution in [0.25, 0.3) is 0 Å². The molecule has 21 heavy (non-hydrogen) atoms. The highest BCUT2D eigenvalue weighted by molar-refractivity contribution is 7.89. The third-order valence-electron chi connectivity index (χ3n) is 3.14. The van der Waals surface area contributed by atoms with E-state index in [1.54, 1.807) is 17.8 Å². The lowest BCUT2D eigenvalue weighted by molar-refractivity contribution is 0.569. The Kier molecular flexibility index (Phi) is 5.15. The lowest BCUT2D eigenvalue weighted by atomic mass is 10.3. The quantitative estimate of drug-likeness (QED) is 0.806. The van der Waals surface area contributed by atoms with Crippen LogP contribution in [0, 0.1) is 0 Å². The van der Waals surface area contributed by atoms with Gasteiger partial charge in [-0.25, -0.2) is 18.1 Å². The van der Waals surface area contributed by atoms with Crippen molar-refractivity contribution in [1.82, 2.24) is 14.3 Å². The van der Waals surface area contributed by atoms with Crippen LogP contribution >= 0.6 is 11.3 Å². The Morgan fingerprint density at radius 2 is 2.24 bits per heavy atom. The van der Waals surface area contributed by atoms with Gasteiger partial charge in [0.15, 0.2) is 0 Å². The molecule has 0 saturated heterocycles. The molecule has 0 aliphatic rings. The van der Waals surface area contributed by atoms with Gasteiger partial charge < -0.3 is 10.3 Å². The van der Waals surface area contributed by atoms with Gasteiger partial charge in [0.25, 0.3) is 0 Å². The normalized spacial score (nSPS) is 12.2. The van der Waals surface area contributed by atoms with Crippen LogP contribution in [0.3, 0.4) is 0 Å². The Labute approximate surface area is 129 Å². The van der Waals surface area contributed by atoms with Gasteiger partial charge in [0.05, 0.1) is 16.1 Å². The molecule has 8 heteroatoms. The topological polar surface area (TPSA) is 90.0 Å². The second-order valence-electron chi connectivity index (χ2n) is 5.00. The zero-order valence-electron chi connectivity index (χ0n) is 12.1. The first kappa shape index (κ1) is 16.2. The van der Waals surface area contributed by atoms with Crippen molar-refractivity contribution in [1.29, 1.82) is 0 Å². The predicted molar refractivity (Wildman–Crippen MR) is 83.7 cm³/mol. The Bertz CT molecular complexity index is 675. The molecule has 0 atom stereocenters. The van der Waals surface area contributed by atoms with Crippen molar-refractivity contribution in [2.75, 3.05) is 6.54 Å². The molecule has 0 spiro atoms. The first-order valence-corrected chi connectivity index (χ1v) is 9.14. The number of hydrogen-bond acceptors (Lipinski definition) is 5. The minimum Gasteiger partial charge on any atom is -0.346 e. The minimum absolute atomic E-state index is 0.169. The Hall–Kier alpha value is -1.22. The molecular formula is C13H20N4O2S2. The van der Waals surface area contributed by atoms with E-state index in [2.05, 4.69) is 9.71 Å². The average molecular weight is 328 g/mol. The van der Waals surface area contributed by atoms with Gasteiger partial charge in [0, 0.05) is 42.8 Å². The van der Waals surface area contributed by atoms with E-state index in [1.807, 2.05) is 23.8 Å². The standard InChI is InChI=1S/C13H20N4O2S2/c1-10(2)17-7-13(5-12(17)6-14)21(18,19)16-4-3-11-8-20-9-15-11/h5,7-10,16H,3-4,6,14H2,1-2H3. The smallest absolute Gasteiger partial charge is 0.242 e. The second kappa shape index (κ2) is 6.69. The van der Waals surface area contributed by atoms with Crippen LogP contribution in [-0.4, -0.2) is 24.5 Å². The lowest BCUT2D eigenvalue weighted by Gasteiger charge is -2.10. The number of thiazole rings is 1. The summed E-state index contributed by atoms with van der Waals surface area (Å²) in [7, 11) is -3.51. The molecule has 6 nitrogen and oxygen atoms in total. The van der Waals surface area contributed by atoms with Crippen molar-refractivity contribution in [3.8, 4) is 0 Å². The Morgan fingerprint density at radius 1 is 1.48 bits per heavy atom. The van der Waals surface area contributed by atoms with Crippen LogP contribution in [-0.2, 0) is 23.0 Å². The molecule has 0 saturated carbocycles. The molecule has 0 aliphatic carbocycles. The summed E-state index contributed by atoms with van der Waals surface area (Å²) in [5.74, 6) is 0. The van der Waals surface area contributed by atoms with Gasteiger partial charge in [0.1, 0.15) is 0 Å². The van der Waals surface area contributed by atoms with E-state index in [4.69, 9.17) is 5.73 Å². The van der Waals surface area contributed by atoms with Crippen LogP contribution in [0.5, 0.6) is 0 Å². The number of nitrogens with two attached hydrogens (primary N) is 1. The zero-order chi connectivity index (χ0) is 15.5. The van der Waals surface area contributed by atoms with Crippen molar-refractivity contribution in [2.45, 2.75) is 37.8 Å². The summed E-state index contributed by atoms with van der Waals surface area (Å²) in [6.45, 7) is 4.62. The van der Waals surface area contributed by atoms with Gasteiger partial charge in [0.2, 0.25) is 10.0 Å². The molecule has 0 fully saturated rings. The fourth-order valence-corrected chi connectivity index (χ4v) is 3.72. The first-order chi connectivity index (χ1) is 9.94. The highest BCUT2D eigenvalue weighted by Crippen LogP contribution is 2.18. The number of rotatable bonds is 7. The number of aromatic nitrogens is 2. The van der Waals surface area contributed by atoms with E-state index < -0.39 is 10.0 Å². The van der Waals surface area contributed by atoms with Crippen molar-refractivity contribution < 1.29 is 8.42 Å². The predicted octanol–water partition coefficient (Wildman–Crippen LogP) is 1.51. The molecule has 0 unspecified atom stereocenters. The number of nitrogens with zero attached hydrogens (tertiary/aromatic N) is 2. The van der Waals surface area contributed by atoms with Crippen LogP contribution in [0.15, 0.2) is 28.0 Å². The summed E-state index contributed by atoms with van der Waals surface area (Å²) < 4.78 is 29.0. The molecular weight excluding hydrogens is 308 g/mol. The largest absolute Gasteiger partial charge is 0.346 e. The van der Waals surface area contributed by atoms with Gasteiger partial charge in [-0.15, -0.1) is 11.3 Å². The van der Waals surface area contributed by atoms with Crippen LogP contribution in [0.1, 0.15) is 31.3 Å². The zero-order valence-corrected chi connectivity index (χ0v) is 13.7. The SMILES string of the molecule is CC(C)n1cc(S(=O)(=O)NCCc2cscn2)cc1CN. The molecule has 0 amide bonds. The van der Waals surface area contributed by atoms with Crippen LogP contribution in [0.4, 0.5) is 0 Å². The van der Waals surface area contributed by atoms with Crippen molar-refractivity contribution in [3.05, 3.63) is 34.5 Å².